The van der Waals surface area contributed by atoms with Crippen molar-refractivity contribution >= 4 is 16.8 Å². The van der Waals surface area contributed by atoms with Crippen LogP contribution >= 0.6 is 0 Å². The lowest BCUT2D eigenvalue weighted by Crippen LogP contribution is -2.13. The lowest BCUT2D eigenvalue weighted by atomic mass is 10.1. The van der Waals surface area contributed by atoms with E-state index in [1.165, 1.54) is 12.1 Å². The van der Waals surface area contributed by atoms with Crippen LogP contribution in [0.5, 0.6) is 23.1 Å². The lowest BCUT2D eigenvalue weighted by molar-refractivity contribution is 0.0997. The third-order valence-corrected chi connectivity index (χ3v) is 3.31. The maximum Gasteiger partial charge on any atom is 0.254 e. The number of fused-ring (bicyclic) bond motifs is 1. The number of aromatic nitrogens is 1. The van der Waals surface area contributed by atoms with Gasteiger partial charge < -0.3 is 20.3 Å². The third kappa shape index (κ3) is 2.87. The molecule has 3 N–H and O–H groups in total. The molecule has 116 valence electrons. The van der Waals surface area contributed by atoms with Crippen LogP contribution in [-0.2, 0) is 0 Å². The Morgan fingerprint density at radius 1 is 1.17 bits per heavy atom. The van der Waals surface area contributed by atoms with Gasteiger partial charge >= 0.3 is 0 Å². The standard InChI is InChI=1S/C17H14N2O4/c1-22-14-4-2-3-10-9-13(16(18)21)17(19-15(10)14)23-12-7-5-11(20)6-8-12/h2-9,20H,1H3,(H2,18,21). The van der Waals surface area contributed by atoms with Crippen LogP contribution in [0.3, 0.4) is 0 Å². The zero-order valence-electron chi connectivity index (χ0n) is 12.3. The van der Waals surface area contributed by atoms with Gasteiger partial charge in [0.15, 0.2) is 0 Å². The predicted molar refractivity (Wildman–Crippen MR) is 85.0 cm³/mol. The normalized spacial score (nSPS) is 10.5. The summed E-state index contributed by atoms with van der Waals surface area (Å²) in [7, 11) is 1.54. The molecule has 1 aromatic heterocycles. The quantitative estimate of drug-likeness (QED) is 0.772. The van der Waals surface area contributed by atoms with E-state index < -0.39 is 5.91 Å². The van der Waals surface area contributed by atoms with E-state index in [4.69, 9.17) is 15.2 Å². The topological polar surface area (TPSA) is 94.7 Å². The lowest BCUT2D eigenvalue weighted by Gasteiger charge is -2.11. The summed E-state index contributed by atoms with van der Waals surface area (Å²) in [5, 5.41) is 10.0. The molecule has 2 aromatic carbocycles. The van der Waals surface area contributed by atoms with Gasteiger partial charge in [0.25, 0.3) is 5.91 Å². The van der Waals surface area contributed by atoms with E-state index in [2.05, 4.69) is 4.98 Å². The molecule has 0 aliphatic heterocycles. The van der Waals surface area contributed by atoms with Crippen LogP contribution < -0.4 is 15.2 Å². The van der Waals surface area contributed by atoms with Gasteiger partial charge in [-0.05, 0) is 36.4 Å². The molecule has 0 saturated carbocycles. The summed E-state index contributed by atoms with van der Waals surface area (Å²) < 4.78 is 10.9. The zero-order chi connectivity index (χ0) is 16.4. The van der Waals surface area contributed by atoms with Crippen molar-refractivity contribution in [2.24, 2.45) is 5.73 Å². The number of nitrogens with two attached hydrogens (primary N) is 1. The molecular formula is C17H14N2O4. The smallest absolute Gasteiger partial charge is 0.254 e. The summed E-state index contributed by atoms with van der Waals surface area (Å²) in [6.45, 7) is 0. The van der Waals surface area contributed by atoms with Crippen LogP contribution in [0.2, 0.25) is 0 Å². The Morgan fingerprint density at radius 2 is 1.91 bits per heavy atom. The number of para-hydroxylation sites is 1. The first-order valence-electron chi connectivity index (χ1n) is 6.83. The van der Waals surface area contributed by atoms with Crippen molar-refractivity contribution in [1.29, 1.82) is 0 Å². The van der Waals surface area contributed by atoms with Crippen molar-refractivity contribution in [3.63, 3.8) is 0 Å². The van der Waals surface area contributed by atoms with Crippen molar-refractivity contribution in [3.8, 4) is 23.1 Å². The fourth-order valence-corrected chi connectivity index (χ4v) is 2.20. The summed E-state index contributed by atoms with van der Waals surface area (Å²) in [6.07, 6.45) is 0. The van der Waals surface area contributed by atoms with Gasteiger partial charge in [-0.3, -0.25) is 4.79 Å². The van der Waals surface area contributed by atoms with Crippen molar-refractivity contribution in [2.75, 3.05) is 7.11 Å². The molecule has 0 saturated heterocycles. The third-order valence-electron chi connectivity index (χ3n) is 3.31. The average molecular weight is 310 g/mol. The largest absolute Gasteiger partial charge is 0.508 e. The second-order valence-electron chi connectivity index (χ2n) is 4.83. The van der Waals surface area contributed by atoms with E-state index in [-0.39, 0.29) is 17.2 Å². The van der Waals surface area contributed by atoms with E-state index in [0.29, 0.717) is 17.0 Å². The Hall–Kier alpha value is -3.28. The molecule has 3 rings (SSSR count). The maximum atomic E-state index is 11.7. The van der Waals surface area contributed by atoms with Gasteiger partial charge in [0.2, 0.25) is 5.88 Å². The number of carbonyl (C=O) groups is 1. The number of carbonyl (C=O) groups excluding carboxylic acids is 1. The first-order chi connectivity index (χ1) is 11.1. The maximum absolute atomic E-state index is 11.7. The molecule has 1 heterocycles. The van der Waals surface area contributed by atoms with Gasteiger partial charge in [0, 0.05) is 5.39 Å². The van der Waals surface area contributed by atoms with Crippen LogP contribution in [0.4, 0.5) is 0 Å². The monoisotopic (exact) mass is 310 g/mol. The van der Waals surface area contributed by atoms with Crippen molar-refractivity contribution < 1.29 is 19.4 Å². The molecule has 0 spiro atoms. The number of methoxy groups -OCH3 is 1. The van der Waals surface area contributed by atoms with Gasteiger partial charge in [-0.2, -0.15) is 0 Å². The Balaban J connectivity index is 2.14. The van der Waals surface area contributed by atoms with Crippen molar-refractivity contribution in [1.82, 2.24) is 4.98 Å². The number of amides is 1. The first-order valence-corrected chi connectivity index (χ1v) is 6.83. The first kappa shape index (κ1) is 14.6. The molecule has 6 heteroatoms. The number of nitrogens with zero attached hydrogens (tertiary/aromatic N) is 1. The number of ether oxygens (including phenoxy) is 2. The number of primary amides is 1. The van der Waals surface area contributed by atoms with Crippen LogP contribution in [-0.4, -0.2) is 23.1 Å². The van der Waals surface area contributed by atoms with Crippen molar-refractivity contribution in [3.05, 3.63) is 54.1 Å². The Kier molecular flexibility index (Phi) is 3.72. The second-order valence-corrected chi connectivity index (χ2v) is 4.83. The molecule has 1 amide bonds. The van der Waals surface area contributed by atoms with Gasteiger partial charge in [-0.1, -0.05) is 12.1 Å². The number of rotatable bonds is 4. The number of pyridine rings is 1. The molecule has 3 aromatic rings. The average Bonchev–Trinajstić information content (AvgIpc) is 2.55. The molecular weight excluding hydrogens is 296 g/mol. The number of benzene rings is 2. The van der Waals surface area contributed by atoms with Crippen molar-refractivity contribution in [2.45, 2.75) is 0 Å². The number of hydrogen-bond acceptors (Lipinski definition) is 5. The van der Waals surface area contributed by atoms with E-state index in [1.54, 1.807) is 37.4 Å². The van der Waals surface area contributed by atoms with E-state index >= 15 is 0 Å². The van der Waals surface area contributed by atoms with Crippen LogP contribution in [0.15, 0.2) is 48.5 Å². The van der Waals surface area contributed by atoms with E-state index in [9.17, 15) is 9.90 Å². The van der Waals surface area contributed by atoms with E-state index in [0.717, 1.165) is 5.39 Å². The summed E-state index contributed by atoms with van der Waals surface area (Å²) in [4.78, 5) is 16.1. The summed E-state index contributed by atoms with van der Waals surface area (Å²) >= 11 is 0. The fourth-order valence-electron chi connectivity index (χ4n) is 2.20. The minimum absolute atomic E-state index is 0.0835. The minimum atomic E-state index is -0.643. The number of phenolic OH excluding ortho intramolecular Hbond substituents is 1. The fraction of sp³-hybridized carbons (Fsp3) is 0.0588. The molecule has 0 unspecified atom stereocenters. The summed E-state index contributed by atoms with van der Waals surface area (Å²) in [5.74, 6) is 0.540. The SMILES string of the molecule is COc1cccc2cc(C(N)=O)c(Oc3ccc(O)cc3)nc12. The van der Waals surface area contributed by atoms with Crippen LogP contribution in [0, 0.1) is 0 Å². The second kappa shape index (κ2) is 5.84. The number of phenols is 1. The van der Waals surface area contributed by atoms with E-state index in [1.807, 2.05) is 6.07 Å². The molecule has 0 bridgehead atoms. The molecule has 0 radical (unpaired) electrons. The molecule has 0 fully saturated rings. The minimum Gasteiger partial charge on any atom is -0.508 e. The number of aromatic hydroxyl groups is 1. The molecule has 0 aliphatic carbocycles. The molecule has 6 nitrogen and oxygen atoms in total. The predicted octanol–water partition coefficient (Wildman–Crippen LogP) is 2.84. The highest BCUT2D eigenvalue weighted by Gasteiger charge is 2.16. The van der Waals surface area contributed by atoms with Gasteiger partial charge in [-0.25, -0.2) is 4.98 Å². The molecule has 0 atom stereocenters. The highest BCUT2D eigenvalue weighted by molar-refractivity contribution is 5.99. The van der Waals surface area contributed by atoms with Gasteiger partial charge in [0.05, 0.1) is 7.11 Å². The summed E-state index contributed by atoms with van der Waals surface area (Å²) in [5.41, 5.74) is 6.15. The highest BCUT2D eigenvalue weighted by atomic mass is 16.5. The molecule has 23 heavy (non-hydrogen) atoms. The van der Waals surface area contributed by atoms with Crippen LogP contribution in [0.25, 0.3) is 10.9 Å². The van der Waals surface area contributed by atoms with Gasteiger partial charge in [-0.15, -0.1) is 0 Å². The highest BCUT2D eigenvalue weighted by Crippen LogP contribution is 2.31. The molecule has 0 aliphatic rings. The Morgan fingerprint density at radius 3 is 2.57 bits per heavy atom. The Bertz CT molecular complexity index is 876. The van der Waals surface area contributed by atoms with Gasteiger partial charge in [0.1, 0.15) is 28.3 Å². The summed E-state index contributed by atoms with van der Waals surface area (Å²) in [6, 6.07) is 13.1. The number of hydrogen-bond donors (Lipinski definition) is 2. The Labute approximate surface area is 132 Å². The zero-order valence-corrected chi connectivity index (χ0v) is 12.3. The van der Waals surface area contributed by atoms with Crippen LogP contribution in [0.1, 0.15) is 10.4 Å².